The van der Waals surface area contributed by atoms with Crippen LogP contribution in [0.4, 0.5) is 0 Å². The van der Waals surface area contributed by atoms with Gasteiger partial charge in [0.15, 0.2) is 0 Å². The second-order valence-electron chi connectivity index (χ2n) is 4.82. The molecule has 0 aliphatic rings. The van der Waals surface area contributed by atoms with E-state index in [4.69, 9.17) is 5.73 Å². The van der Waals surface area contributed by atoms with Crippen LogP contribution in [0.5, 0.6) is 0 Å². The molecule has 3 aromatic carbocycles. The summed E-state index contributed by atoms with van der Waals surface area (Å²) in [5.41, 5.74) is 7.32. The highest BCUT2D eigenvalue weighted by molar-refractivity contribution is 5.98. The van der Waals surface area contributed by atoms with Crippen LogP contribution in [0, 0.1) is 0 Å². The van der Waals surface area contributed by atoms with Gasteiger partial charge in [0.1, 0.15) is 0 Å². The lowest BCUT2D eigenvalue weighted by molar-refractivity contribution is 0.700. The van der Waals surface area contributed by atoms with Gasteiger partial charge in [-0.2, -0.15) is 0 Å². The van der Waals surface area contributed by atoms with Crippen molar-refractivity contribution in [2.24, 2.45) is 5.73 Å². The van der Waals surface area contributed by atoms with Crippen molar-refractivity contribution in [1.82, 2.24) is 0 Å². The smallest absolute Gasteiger partial charge is 0.0292 e. The molecule has 2 heteroatoms. The van der Waals surface area contributed by atoms with Crippen LogP contribution in [-0.2, 0) is 0 Å². The second-order valence-corrected chi connectivity index (χ2v) is 4.82. The first-order valence-corrected chi connectivity index (χ1v) is 6.46. The van der Waals surface area contributed by atoms with Crippen LogP contribution in [0.2, 0.25) is 0 Å². The maximum absolute atomic E-state index is 6.10. The minimum atomic E-state index is 0. The molecule has 0 saturated carbocycles. The molecule has 3 aromatic rings. The fourth-order valence-electron chi connectivity index (χ4n) is 2.42. The Hall–Kier alpha value is -1.57. The molecule has 0 heterocycles. The number of rotatable bonds is 2. The summed E-state index contributed by atoms with van der Waals surface area (Å²) >= 11 is 0. The van der Waals surface area contributed by atoms with Crippen molar-refractivity contribution in [1.29, 1.82) is 0 Å². The summed E-state index contributed by atoms with van der Waals surface area (Å²) in [6.45, 7) is 2.12. The fourth-order valence-corrected chi connectivity index (χ4v) is 2.42. The van der Waals surface area contributed by atoms with Crippen LogP contribution in [0.15, 0.2) is 54.6 Å². The van der Waals surface area contributed by atoms with Crippen molar-refractivity contribution >= 4 is 34.0 Å². The van der Waals surface area contributed by atoms with E-state index < -0.39 is 0 Å². The van der Waals surface area contributed by atoms with Gasteiger partial charge >= 0.3 is 0 Å². The topological polar surface area (TPSA) is 26.0 Å². The van der Waals surface area contributed by atoms with Gasteiger partial charge in [0.2, 0.25) is 0 Å². The molecule has 0 spiro atoms. The van der Waals surface area contributed by atoms with Gasteiger partial charge in [0.25, 0.3) is 0 Å². The maximum Gasteiger partial charge on any atom is 0.0292 e. The molecular formula is C17H18ClN. The molecule has 98 valence electrons. The van der Waals surface area contributed by atoms with E-state index in [1.165, 1.54) is 27.1 Å². The van der Waals surface area contributed by atoms with Gasteiger partial charge in [-0.05, 0) is 51.7 Å². The summed E-state index contributed by atoms with van der Waals surface area (Å²) in [5.74, 6) is 0. The molecule has 1 atom stereocenters. The van der Waals surface area contributed by atoms with Gasteiger partial charge in [0, 0.05) is 6.04 Å². The Morgan fingerprint density at radius 3 is 2.05 bits per heavy atom. The monoisotopic (exact) mass is 271 g/mol. The lowest BCUT2D eigenvalue weighted by Gasteiger charge is -2.10. The summed E-state index contributed by atoms with van der Waals surface area (Å²) in [7, 11) is 0. The van der Waals surface area contributed by atoms with E-state index in [9.17, 15) is 0 Å². The third kappa shape index (κ3) is 2.58. The minimum Gasteiger partial charge on any atom is -0.324 e. The average molecular weight is 272 g/mol. The Balaban J connectivity index is 0.00000133. The average Bonchev–Trinajstić information content (AvgIpc) is 2.43. The van der Waals surface area contributed by atoms with E-state index in [2.05, 4.69) is 61.5 Å². The second kappa shape index (κ2) is 5.60. The van der Waals surface area contributed by atoms with Crippen LogP contribution in [0.3, 0.4) is 0 Å². The standard InChI is InChI=1S/C17H17N.ClH/c1-2-17(18)15-8-7-14-9-12-5-3-4-6-13(12)10-16(14)11-15;/h3-11,17H,2,18H2,1H3;1H/t17-;/m0./s1. The maximum atomic E-state index is 6.10. The predicted molar refractivity (Wildman–Crippen MR) is 85.9 cm³/mol. The van der Waals surface area contributed by atoms with E-state index in [0.717, 1.165) is 6.42 Å². The summed E-state index contributed by atoms with van der Waals surface area (Å²) in [5, 5.41) is 5.13. The first kappa shape index (κ1) is 13.9. The van der Waals surface area contributed by atoms with Gasteiger partial charge in [0.05, 0.1) is 0 Å². The Labute approximate surface area is 119 Å². The normalized spacial score (nSPS) is 12.3. The molecule has 1 nitrogen and oxygen atoms in total. The summed E-state index contributed by atoms with van der Waals surface area (Å²) in [6.07, 6.45) is 0.971. The zero-order valence-corrected chi connectivity index (χ0v) is 11.8. The van der Waals surface area contributed by atoms with Crippen molar-refractivity contribution in [3.63, 3.8) is 0 Å². The van der Waals surface area contributed by atoms with Crippen LogP contribution < -0.4 is 5.73 Å². The highest BCUT2D eigenvalue weighted by Gasteiger charge is 2.04. The molecule has 0 aromatic heterocycles. The van der Waals surface area contributed by atoms with E-state index in [0.29, 0.717) is 0 Å². The van der Waals surface area contributed by atoms with Crippen LogP contribution in [0.25, 0.3) is 21.5 Å². The molecule has 19 heavy (non-hydrogen) atoms. The number of halogens is 1. The Morgan fingerprint density at radius 2 is 1.42 bits per heavy atom. The molecule has 0 radical (unpaired) electrons. The summed E-state index contributed by atoms with van der Waals surface area (Å²) < 4.78 is 0. The summed E-state index contributed by atoms with van der Waals surface area (Å²) in [4.78, 5) is 0. The molecule has 0 bridgehead atoms. The highest BCUT2D eigenvalue weighted by Crippen LogP contribution is 2.25. The fraction of sp³-hybridized carbons (Fsp3) is 0.176. The molecule has 0 amide bonds. The number of nitrogens with two attached hydrogens (primary N) is 1. The zero-order chi connectivity index (χ0) is 12.5. The Kier molecular flexibility index (Phi) is 4.08. The first-order valence-electron chi connectivity index (χ1n) is 6.46. The molecule has 0 aliphatic heterocycles. The van der Waals surface area contributed by atoms with Crippen LogP contribution >= 0.6 is 12.4 Å². The van der Waals surface area contributed by atoms with Gasteiger partial charge < -0.3 is 5.73 Å². The van der Waals surface area contributed by atoms with Gasteiger partial charge in [-0.3, -0.25) is 0 Å². The third-order valence-corrected chi connectivity index (χ3v) is 3.60. The highest BCUT2D eigenvalue weighted by atomic mass is 35.5. The molecule has 0 saturated heterocycles. The van der Waals surface area contributed by atoms with Gasteiger partial charge in [-0.1, -0.05) is 43.3 Å². The summed E-state index contributed by atoms with van der Waals surface area (Å²) in [6, 6.07) is 19.6. The molecule has 0 unspecified atom stereocenters. The SMILES string of the molecule is CC[C@H](N)c1ccc2cc3ccccc3cc2c1.Cl. The molecule has 3 rings (SSSR count). The first-order chi connectivity index (χ1) is 8.78. The third-order valence-electron chi connectivity index (χ3n) is 3.60. The molecular weight excluding hydrogens is 254 g/mol. The van der Waals surface area contributed by atoms with E-state index >= 15 is 0 Å². The van der Waals surface area contributed by atoms with Crippen LogP contribution in [0.1, 0.15) is 24.9 Å². The number of fused-ring (bicyclic) bond motifs is 2. The largest absolute Gasteiger partial charge is 0.324 e. The van der Waals surface area contributed by atoms with Crippen molar-refractivity contribution in [3.8, 4) is 0 Å². The van der Waals surface area contributed by atoms with Crippen molar-refractivity contribution in [2.75, 3.05) is 0 Å². The molecule has 0 fully saturated rings. The van der Waals surface area contributed by atoms with Crippen molar-refractivity contribution in [2.45, 2.75) is 19.4 Å². The van der Waals surface area contributed by atoms with Gasteiger partial charge in [-0.15, -0.1) is 12.4 Å². The predicted octanol–water partition coefficient (Wildman–Crippen LogP) is 4.82. The van der Waals surface area contributed by atoms with Crippen LogP contribution in [-0.4, -0.2) is 0 Å². The zero-order valence-electron chi connectivity index (χ0n) is 11.0. The minimum absolute atomic E-state index is 0. The Bertz CT molecular complexity index is 706. The van der Waals surface area contributed by atoms with E-state index in [-0.39, 0.29) is 18.4 Å². The number of hydrogen-bond acceptors (Lipinski definition) is 1. The lowest BCUT2D eigenvalue weighted by atomic mass is 9.98. The van der Waals surface area contributed by atoms with Crippen molar-refractivity contribution < 1.29 is 0 Å². The number of hydrogen-bond donors (Lipinski definition) is 1. The van der Waals surface area contributed by atoms with E-state index in [1.807, 2.05) is 0 Å². The quantitative estimate of drug-likeness (QED) is 0.664. The van der Waals surface area contributed by atoms with Crippen molar-refractivity contribution in [3.05, 3.63) is 60.2 Å². The number of benzene rings is 3. The van der Waals surface area contributed by atoms with E-state index in [1.54, 1.807) is 0 Å². The molecule has 0 aliphatic carbocycles. The molecule has 2 N–H and O–H groups in total. The lowest BCUT2D eigenvalue weighted by Crippen LogP contribution is -2.08. The Morgan fingerprint density at radius 1 is 0.842 bits per heavy atom. The van der Waals surface area contributed by atoms with Gasteiger partial charge in [-0.25, -0.2) is 0 Å².